The predicted octanol–water partition coefficient (Wildman–Crippen LogP) is 0.898. The van der Waals surface area contributed by atoms with Crippen LogP contribution in [0.5, 0.6) is 5.75 Å². The van der Waals surface area contributed by atoms with Gasteiger partial charge in [-0.15, -0.1) is 0 Å². The number of nitrogens with two attached hydrogens (primary N) is 1. The van der Waals surface area contributed by atoms with Crippen molar-refractivity contribution < 1.29 is 19.1 Å². The Kier molecular flexibility index (Phi) is 5.63. The van der Waals surface area contributed by atoms with Crippen LogP contribution in [0.2, 0.25) is 5.02 Å². The van der Waals surface area contributed by atoms with Gasteiger partial charge in [-0.25, -0.2) is 0 Å². The second kappa shape index (κ2) is 7.47. The molecule has 22 heavy (non-hydrogen) atoms. The summed E-state index contributed by atoms with van der Waals surface area (Å²) in [6.07, 6.45) is 0.935. The number of rotatable bonds is 6. The molecule has 0 spiro atoms. The lowest BCUT2D eigenvalue weighted by molar-refractivity contribution is -0.129. The molecule has 0 bridgehead atoms. The van der Waals surface area contributed by atoms with E-state index in [1.165, 1.54) is 7.11 Å². The van der Waals surface area contributed by atoms with E-state index in [2.05, 4.69) is 5.32 Å². The van der Waals surface area contributed by atoms with Gasteiger partial charge in [0.05, 0.1) is 24.7 Å². The van der Waals surface area contributed by atoms with Crippen LogP contribution in [0.25, 0.3) is 0 Å². The fraction of sp³-hybridized carbons (Fsp3) is 0.467. The van der Waals surface area contributed by atoms with Crippen LogP contribution in [0.4, 0.5) is 0 Å². The van der Waals surface area contributed by atoms with Crippen molar-refractivity contribution in [3.63, 3.8) is 0 Å². The first-order valence-electron chi connectivity index (χ1n) is 7.01. The zero-order chi connectivity index (χ0) is 16.1. The van der Waals surface area contributed by atoms with Crippen molar-refractivity contribution in [3.8, 4) is 5.75 Å². The second-order valence-corrected chi connectivity index (χ2v) is 5.60. The molecule has 1 fully saturated rings. The molecule has 0 aliphatic carbocycles. The molecule has 0 saturated carbocycles. The maximum Gasteiger partial charge on any atom is 0.240 e. The average molecular weight is 327 g/mol. The Morgan fingerprint density at radius 2 is 2.32 bits per heavy atom. The topological polar surface area (TPSA) is 90.7 Å². The van der Waals surface area contributed by atoms with Gasteiger partial charge in [0.25, 0.3) is 0 Å². The number of hydrogen-bond donors (Lipinski definition) is 2. The summed E-state index contributed by atoms with van der Waals surface area (Å²) in [5.41, 5.74) is 6.17. The maximum atomic E-state index is 12.1. The quantitative estimate of drug-likeness (QED) is 0.812. The lowest BCUT2D eigenvalue weighted by Gasteiger charge is -2.18. The van der Waals surface area contributed by atoms with Crippen molar-refractivity contribution in [1.82, 2.24) is 5.32 Å². The van der Waals surface area contributed by atoms with E-state index in [1.807, 2.05) is 0 Å². The largest absolute Gasteiger partial charge is 0.495 e. The van der Waals surface area contributed by atoms with Gasteiger partial charge in [0.1, 0.15) is 11.8 Å². The van der Waals surface area contributed by atoms with Crippen LogP contribution in [0, 0.1) is 5.92 Å². The van der Waals surface area contributed by atoms with Crippen LogP contribution in [0.1, 0.15) is 12.0 Å². The van der Waals surface area contributed by atoms with Crippen molar-refractivity contribution in [3.05, 3.63) is 28.8 Å². The van der Waals surface area contributed by atoms with E-state index in [0.717, 1.165) is 5.56 Å². The van der Waals surface area contributed by atoms with Crippen molar-refractivity contribution in [2.24, 2.45) is 11.7 Å². The van der Waals surface area contributed by atoms with Gasteiger partial charge < -0.3 is 20.5 Å². The minimum atomic E-state index is -0.780. The summed E-state index contributed by atoms with van der Waals surface area (Å²) in [5, 5.41) is 3.13. The highest BCUT2D eigenvalue weighted by Crippen LogP contribution is 2.25. The van der Waals surface area contributed by atoms with E-state index in [-0.39, 0.29) is 18.2 Å². The number of benzene rings is 1. The molecule has 1 aromatic rings. The fourth-order valence-electron chi connectivity index (χ4n) is 2.33. The highest BCUT2D eigenvalue weighted by atomic mass is 35.5. The zero-order valence-electron chi connectivity index (χ0n) is 12.3. The van der Waals surface area contributed by atoms with Gasteiger partial charge in [-0.3, -0.25) is 9.59 Å². The molecule has 7 heteroatoms. The Bertz CT molecular complexity index is 558. The predicted molar refractivity (Wildman–Crippen MR) is 81.8 cm³/mol. The summed E-state index contributed by atoms with van der Waals surface area (Å²) < 4.78 is 10.2. The highest BCUT2D eigenvalue weighted by Gasteiger charge is 2.27. The number of amides is 2. The van der Waals surface area contributed by atoms with Crippen LogP contribution in [-0.2, 0) is 20.7 Å². The van der Waals surface area contributed by atoms with Crippen molar-refractivity contribution >= 4 is 23.4 Å². The first-order valence-corrected chi connectivity index (χ1v) is 7.39. The molecule has 0 unspecified atom stereocenters. The monoisotopic (exact) mass is 326 g/mol. The van der Waals surface area contributed by atoms with Gasteiger partial charge >= 0.3 is 0 Å². The summed E-state index contributed by atoms with van der Waals surface area (Å²) >= 11 is 6.06. The van der Waals surface area contributed by atoms with E-state index in [1.54, 1.807) is 18.2 Å². The van der Waals surface area contributed by atoms with Gasteiger partial charge in [0, 0.05) is 13.0 Å². The van der Waals surface area contributed by atoms with E-state index >= 15 is 0 Å². The van der Waals surface area contributed by atoms with E-state index in [4.69, 9.17) is 26.8 Å². The minimum absolute atomic E-state index is 0.207. The van der Waals surface area contributed by atoms with Crippen LogP contribution in [-0.4, -0.2) is 38.2 Å². The number of hydrogen-bond acceptors (Lipinski definition) is 4. The molecular formula is C15H19ClN2O4. The lowest BCUT2D eigenvalue weighted by Crippen LogP contribution is -2.48. The molecule has 2 rings (SSSR count). The number of methoxy groups -OCH3 is 1. The van der Waals surface area contributed by atoms with Gasteiger partial charge in [0.15, 0.2) is 0 Å². The smallest absolute Gasteiger partial charge is 0.240 e. The van der Waals surface area contributed by atoms with Crippen LogP contribution in [0.15, 0.2) is 18.2 Å². The molecule has 0 radical (unpaired) electrons. The first-order chi connectivity index (χ1) is 10.5. The summed E-state index contributed by atoms with van der Waals surface area (Å²) in [7, 11) is 1.52. The minimum Gasteiger partial charge on any atom is -0.495 e. The van der Waals surface area contributed by atoms with Gasteiger partial charge in [-0.05, 0) is 24.1 Å². The molecule has 0 aromatic heterocycles. The third-order valence-electron chi connectivity index (χ3n) is 3.62. The van der Waals surface area contributed by atoms with E-state index in [9.17, 15) is 9.59 Å². The maximum absolute atomic E-state index is 12.1. The Hall–Kier alpha value is -1.79. The van der Waals surface area contributed by atoms with Gasteiger partial charge in [-0.2, -0.15) is 0 Å². The molecule has 1 aliphatic rings. The molecule has 2 atom stereocenters. The van der Waals surface area contributed by atoms with Crippen molar-refractivity contribution in [1.29, 1.82) is 0 Å². The molecule has 120 valence electrons. The molecule has 6 nitrogen and oxygen atoms in total. The number of ether oxygens (including phenoxy) is 2. The average Bonchev–Trinajstić information content (AvgIpc) is 3.01. The van der Waals surface area contributed by atoms with E-state index < -0.39 is 11.9 Å². The zero-order valence-corrected chi connectivity index (χ0v) is 13.1. The Balaban J connectivity index is 2.03. The molecular weight excluding hydrogens is 308 g/mol. The number of carbonyl (C=O) groups excluding carboxylic acids is 2. The molecule has 1 heterocycles. The molecule has 2 amide bonds. The third-order valence-corrected chi connectivity index (χ3v) is 3.91. The Morgan fingerprint density at radius 1 is 1.55 bits per heavy atom. The number of primary amides is 1. The SMILES string of the molecule is COc1ccc(C[C@H](NC(=O)[C@H]2CCOC2)C(N)=O)cc1Cl. The van der Waals surface area contributed by atoms with Crippen LogP contribution < -0.4 is 15.8 Å². The number of halogens is 1. The third kappa shape index (κ3) is 4.11. The Morgan fingerprint density at radius 3 is 2.86 bits per heavy atom. The fourth-order valence-corrected chi connectivity index (χ4v) is 2.61. The summed E-state index contributed by atoms with van der Waals surface area (Å²) in [6.45, 7) is 0.944. The standard InChI is InChI=1S/C15H19ClN2O4/c1-21-13-3-2-9(6-11(13)16)7-12(14(17)19)18-15(20)10-4-5-22-8-10/h2-3,6,10,12H,4-5,7-8H2,1H3,(H2,17,19)(H,18,20)/t10-,12-/m0/s1. The second-order valence-electron chi connectivity index (χ2n) is 5.20. The summed E-state index contributed by atoms with van der Waals surface area (Å²) in [5.74, 6) is -0.463. The lowest BCUT2D eigenvalue weighted by atomic mass is 10.0. The summed E-state index contributed by atoms with van der Waals surface area (Å²) in [6, 6.07) is 4.41. The molecule has 1 saturated heterocycles. The number of carbonyl (C=O) groups is 2. The molecule has 1 aliphatic heterocycles. The normalized spacial score (nSPS) is 18.7. The van der Waals surface area contributed by atoms with Crippen molar-refractivity contribution in [2.45, 2.75) is 18.9 Å². The molecule has 3 N–H and O–H groups in total. The van der Waals surface area contributed by atoms with Gasteiger partial charge in [-0.1, -0.05) is 17.7 Å². The van der Waals surface area contributed by atoms with Crippen LogP contribution >= 0.6 is 11.6 Å². The highest BCUT2D eigenvalue weighted by molar-refractivity contribution is 6.32. The van der Waals surface area contributed by atoms with Crippen LogP contribution in [0.3, 0.4) is 0 Å². The van der Waals surface area contributed by atoms with E-state index in [0.29, 0.717) is 30.4 Å². The van der Waals surface area contributed by atoms with Gasteiger partial charge in [0.2, 0.25) is 11.8 Å². The van der Waals surface area contributed by atoms with Crippen molar-refractivity contribution in [2.75, 3.05) is 20.3 Å². The molecule has 1 aromatic carbocycles. The summed E-state index contributed by atoms with van der Waals surface area (Å²) in [4.78, 5) is 23.7. The number of nitrogens with one attached hydrogen (secondary N) is 1. The Labute approximate surface area is 133 Å². The first kappa shape index (κ1) is 16.6.